The smallest absolute Gasteiger partial charge is 0.373 e. The van der Waals surface area contributed by atoms with Crippen LogP contribution in [0.15, 0.2) is 35.5 Å². The third kappa shape index (κ3) is 6.50. The molecule has 0 bridgehead atoms. The number of hydrogen-bond acceptors (Lipinski definition) is 7. The summed E-state index contributed by atoms with van der Waals surface area (Å²) in [6.07, 6.45) is -8.80. The van der Waals surface area contributed by atoms with Gasteiger partial charge in [-0.2, -0.15) is 31.4 Å². The summed E-state index contributed by atoms with van der Waals surface area (Å²) in [5.41, 5.74) is -6.37. The van der Waals surface area contributed by atoms with Crippen molar-refractivity contribution >= 4 is 22.8 Å². The fourth-order valence-electron chi connectivity index (χ4n) is 3.88. The molecule has 36 heavy (non-hydrogen) atoms. The fourth-order valence-corrected chi connectivity index (χ4v) is 3.88. The lowest BCUT2D eigenvalue weighted by molar-refractivity contribution is -0.393. The Balaban J connectivity index is 2.53. The number of benzene rings is 1. The Bertz CT molecular complexity index is 1040. The molecule has 0 saturated heterocycles. The van der Waals surface area contributed by atoms with Gasteiger partial charge in [0.25, 0.3) is 11.3 Å². The molecule has 2 N–H and O–H groups in total. The molecule has 9 nitrogen and oxygen atoms in total. The van der Waals surface area contributed by atoms with E-state index in [1.54, 1.807) is 0 Å². The molecule has 1 fully saturated rings. The van der Waals surface area contributed by atoms with Gasteiger partial charge in [-0.1, -0.05) is 32.8 Å². The van der Waals surface area contributed by atoms with Crippen molar-refractivity contribution in [1.82, 2.24) is 0 Å². The fraction of sp³-hybridized carbons (Fsp3) is 0.571. The molecule has 0 radical (unpaired) electrons. The summed E-state index contributed by atoms with van der Waals surface area (Å²) < 4.78 is 79.9. The third-order valence-electron chi connectivity index (χ3n) is 6.19. The first kappa shape index (κ1) is 29.0. The van der Waals surface area contributed by atoms with E-state index in [1.165, 1.54) is 6.08 Å². The predicted molar refractivity (Wildman–Crippen MR) is 117 cm³/mol. The van der Waals surface area contributed by atoms with Gasteiger partial charge in [-0.25, -0.2) is 0 Å². The van der Waals surface area contributed by atoms with Gasteiger partial charge in [0.05, 0.1) is 21.6 Å². The SMILES string of the molecule is CC1(C)CCCC[C@@H]1/C=C/C(CC(O)(C(F)(F)F)C(F)(F)F)=N/Nc1ccc([N+](=O)[O-])cc1[N+](=O)[O-]. The number of non-ortho nitro benzene ring substituents is 1. The number of nitro benzene ring substituents is 2. The van der Waals surface area contributed by atoms with Crippen LogP contribution in [0.3, 0.4) is 0 Å². The Hall–Kier alpha value is -3.23. The van der Waals surface area contributed by atoms with E-state index in [-0.39, 0.29) is 11.3 Å². The number of aliphatic hydroxyl groups is 1. The number of nitrogens with one attached hydrogen (secondary N) is 1. The number of nitrogens with zero attached hydrogens (tertiary/aromatic N) is 3. The van der Waals surface area contributed by atoms with Crippen LogP contribution < -0.4 is 5.43 Å². The van der Waals surface area contributed by atoms with Crippen molar-refractivity contribution in [2.24, 2.45) is 16.4 Å². The summed E-state index contributed by atoms with van der Waals surface area (Å²) in [5.74, 6) is -0.213. The zero-order chi connectivity index (χ0) is 27.5. The largest absolute Gasteiger partial charge is 0.426 e. The summed E-state index contributed by atoms with van der Waals surface area (Å²) in [4.78, 5) is 20.2. The molecule has 0 amide bonds. The van der Waals surface area contributed by atoms with Crippen LogP contribution in [0.5, 0.6) is 0 Å². The first-order valence-electron chi connectivity index (χ1n) is 10.7. The van der Waals surface area contributed by atoms with Gasteiger partial charge < -0.3 is 5.11 Å². The Morgan fingerprint density at radius 2 is 1.75 bits per heavy atom. The first-order chi connectivity index (χ1) is 16.4. The summed E-state index contributed by atoms with van der Waals surface area (Å²) in [5, 5.41) is 35.3. The molecule has 1 aliphatic rings. The molecule has 1 aromatic rings. The second-order valence-electron chi connectivity index (χ2n) is 9.16. The Morgan fingerprint density at radius 3 is 2.25 bits per heavy atom. The standard InChI is InChI=1S/C21H24F6N4O5/c1-18(2)10-4-3-5-13(18)6-7-14(12-19(32,20(22,23)24)21(25,26)27)28-29-16-9-8-15(30(33)34)11-17(16)31(35)36/h6-9,11,13,29,32H,3-5,10,12H2,1-2H3/b7-6+,28-14-/t13-/m1/s1. The molecule has 2 rings (SSSR count). The van der Waals surface area contributed by atoms with Crippen molar-refractivity contribution in [3.63, 3.8) is 0 Å². The second-order valence-corrected chi connectivity index (χ2v) is 9.16. The van der Waals surface area contributed by atoms with Crippen LogP contribution in [0.2, 0.25) is 0 Å². The van der Waals surface area contributed by atoms with Crippen molar-refractivity contribution in [3.8, 4) is 0 Å². The molecule has 1 saturated carbocycles. The minimum Gasteiger partial charge on any atom is -0.373 e. The molecular formula is C21H24F6N4O5. The average molecular weight is 526 g/mol. The maximum Gasteiger partial charge on any atom is 0.426 e. The van der Waals surface area contributed by atoms with E-state index in [2.05, 4.69) is 5.10 Å². The number of nitro groups is 2. The van der Waals surface area contributed by atoms with E-state index in [0.29, 0.717) is 12.5 Å². The Kier molecular flexibility index (Phi) is 8.38. The topological polar surface area (TPSA) is 131 Å². The number of anilines is 1. The number of rotatable bonds is 8. The number of hydrogen-bond donors (Lipinski definition) is 2. The van der Waals surface area contributed by atoms with E-state index in [1.807, 2.05) is 19.3 Å². The van der Waals surface area contributed by atoms with Crippen LogP contribution in [-0.4, -0.2) is 38.6 Å². The molecule has 0 heterocycles. The first-order valence-corrected chi connectivity index (χ1v) is 10.7. The number of allylic oxidation sites excluding steroid dienone is 2. The lowest BCUT2D eigenvalue weighted by Crippen LogP contribution is -2.57. The van der Waals surface area contributed by atoms with Crippen molar-refractivity contribution in [3.05, 3.63) is 50.6 Å². The highest BCUT2D eigenvalue weighted by Crippen LogP contribution is 2.46. The zero-order valence-electron chi connectivity index (χ0n) is 19.2. The molecule has 1 aromatic carbocycles. The molecule has 1 atom stereocenters. The van der Waals surface area contributed by atoms with Crippen LogP contribution in [0.4, 0.5) is 43.4 Å². The van der Waals surface area contributed by atoms with Crippen LogP contribution in [-0.2, 0) is 0 Å². The minimum absolute atomic E-state index is 0.213. The van der Waals surface area contributed by atoms with E-state index in [0.717, 1.165) is 37.5 Å². The van der Waals surface area contributed by atoms with Gasteiger partial charge in [-0.15, -0.1) is 0 Å². The summed E-state index contributed by atoms with van der Waals surface area (Å²) in [6, 6.07) is 2.23. The average Bonchev–Trinajstić information content (AvgIpc) is 2.74. The maximum absolute atomic E-state index is 13.3. The number of hydrazone groups is 1. The molecule has 0 spiro atoms. The molecule has 1 aliphatic carbocycles. The van der Waals surface area contributed by atoms with E-state index in [4.69, 9.17) is 0 Å². The molecule has 0 aromatic heterocycles. The number of halogens is 6. The van der Waals surface area contributed by atoms with E-state index in [9.17, 15) is 51.7 Å². The lowest BCUT2D eigenvalue weighted by Gasteiger charge is -2.37. The maximum atomic E-state index is 13.3. The predicted octanol–water partition coefficient (Wildman–Crippen LogP) is 6.29. The van der Waals surface area contributed by atoms with Gasteiger partial charge >= 0.3 is 18.0 Å². The van der Waals surface area contributed by atoms with Crippen LogP contribution in [0.25, 0.3) is 0 Å². The van der Waals surface area contributed by atoms with Gasteiger partial charge in [-0.05, 0) is 36.3 Å². The lowest BCUT2D eigenvalue weighted by atomic mass is 9.69. The van der Waals surface area contributed by atoms with Gasteiger partial charge in [0.15, 0.2) is 0 Å². The van der Waals surface area contributed by atoms with Crippen LogP contribution in [0.1, 0.15) is 46.0 Å². The molecule has 200 valence electrons. The molecule has 15 heteroatoms. The van der Waals surface area contributed by atoms with Gasteiger partial charge in [0.2, 0.25) is 0 Å². The second kappa shape index (κ2) is 10.4. The summed E-state index contributed by atoms with van der Waals surface area (Å²) in [7, 11) is 0. The van der Waals surface area contributed by atoms with E-state index >= 15 is 0 Å². The Labute approximate surface area is 201 Å². The third-order valence-corrected chi connectivity index (χ3v) is 6.19. The highest BCUT2D eigenvalue weighted by molar-refractivity contribution is 5.96. The van der Waals surface area contributed by atoms with Gasteiger partial charge in [0, 0.05) is 12.5 Å². The normalized spacial score (nSPS) is 19.4. The highest BCUT2D eigenvalue weighted by Gasteiger charge is 2.70. The van der Waals surface area contributed by atoms with Crippen LogP contribution >= 0.6 is 0 Å². The molecular weight excluding hydrogens is 502 g/mol. The molecule has 0 unspecified atom stereocenters. The Morgan fingerprint density at radius 1 is 1.14 bits per heavy atom. The number of alkyl halides is 6. The monoisotopic (exact) mass is 526 g/mol. The summed E-state index contributed by atoms with van der Waals surface area (Å²) in [6.45, 7) is 3.80. The molecule has 0 aliphatic heterocycles. The minimum atomic E-state index is -6.11. The van der Waals surface area contributed by atoms with Crippen molar-refractivity contribution < 1.29 is 41.3 Å². The zero-order valence-corrected chi connectivity index (χ0v) is 19.2. The van der Waals surface area contributed by atoms with Gasteiger partial charge in [-0.3, -0.25) is 25.7 Å². The van der Waals surface area contributed by atoms with E-state index < -0.39 is 57.0 Å². The van der Waals surface area contributed by atoms with Crippen molar-refractivity contribution in [2.45, 2.75) is 63.9 Å². The van der Waals surface area contributed by atoms with Crippen molar-refractivity contribution in [1.29, 1.82) is 0 Å². The van der Waals surface area contributed by atoms with Crippen LogP contribution in [0, 0.1) is 31.6 Å². The quantitative estimate of drug-likeness (QED) is 0.177. The van der Waals surface area contributed by atoms with Crippen molar-refractivity contribution in [2.75, 3.05) is 5.43 Å². The summed E-state index contributed by atoms with van der Waals surface area (Å²) >= 11 is 0. The van der Waals surface area contributed by atoms with Gasteiger partial charge in [0.1, 0.15) is 5.69 Å². The highest BCUT2D eigenvalue weighted by atomic mass is 19.4.